The SMILES string of the molecule is O=C1Nc2ccc(-c3ccsc3)c3cccc1c23. The Morgan fingerprint density at radius 3 is 2.78 bits per heavy atom. The summed E-state index contributed by atoms with van der Waals surface area (Å²) in [7, 11) is 0. The van der Waals surface area contributed by atoms with Crippen molar-refractivity contribution in [3.63, 3.8) is 0 Å². The molecule has 2 heterocycles. The Labute approximate surface area is 108 Å². The number of thiophene rings is 1. The molecule has 2 nitrogen and oxygen atoms in total. The Morgan fingerprint density at radius 1 is 1.00 bits per heavy atom. The van der Waals surface area contributed by atoms with Crippen LogP contribution in [-0.4, -0.2) is 5.91 Å². The zero-order valence-electron chi connectivity index (χ0n) is 9.44. The topological polar surface area (TPSA) is 29.1 Å². The summed E-state index contributed by atoms with van der Waals surface area (Å²) >= 11 is 1.68. The van der Waals surface area contributed by atoms with Gasteiger partial charge in [-0.05, 0) is 45.5 Å². The van der Waals surface area contributed by atoms with Crippen LogP contribution in [0.3, 0.4) is 0 Å². The van der Waals surface area contributed by atoms with Crippen LogP contribution in [0.4, 0.5) is 5.69 Å². The number of anilines is 1. The first kappa shape index (κ1) is 9.85. The van der Waals surface area contributed by atoms with Gasteiger partial charge in [0.05, 0.1) is 0 Å². The fourth-order valence-corrected chi connectivity index (χ4v) is 3.22. The molecule has 0 unspecified atom stereocenters. The predicted octanol–water partition coefficient (Wildman–Crippen LogP) is 4.13. The molecule has 0 saturated carbocycles. The van der Waals surface area contributed by atoms with E-state index < -0.39 is 0 Å². The molecular formula is C15H9NOS. The van der Waals surface area contributed by atoms with Crippen molar-refractivity contribution in [2.45, 2.75) is 0 Å². The lowest BCUT2D eigenvalue weighted by Crippen LogP contribution is -2.03. The third kappa shape index (κ3) is 1.19. The number of benzene rings is 2. The van der Waals surface area contributed by atoms with Crippen LogP contribution in [0.15, 0.2) is 47.2 Å². The molecule has 3 heteroatoms. The van der Waals surface area contributed by atoms with Gasteiger partial charge in [0.25, 0.3) is 5.91 Å². The number of rotatable bonds is 1. The third-order valence-corrected chi connectivity index (χ3v) is 4.05. The first-order valence-corrected chi connectivity index (χ1v) is 6.68. The van der Waals surface area contributed by atoms with Gasteiger partial charge < -0.3 is 5.32 Å². The fraction of sp³-hybridized carbons (Fsp3) is 0. The summed E-state index contributed by atoms with van der Waals surface area (Å²) in [5.41, 5.74) is 4.10. The number of carbonyl (C=O) groups is 1. The van der Waals surface area contributed by atoms with Crippen LogP contribution in [0.5, 0.6) is 0 Å². The van der Waals surface area contributed by atoms with Gasteiger partial charge in [-0.15, -0.1) is 0 Å². The number of hydrogen-bond acceptors (Lipinski definition) is 2. The minimum Gasteiger partial charge on any atom is -0.321 e. The van der Waals surface area contributed by atoms with E-state index >= 15 is 0 Å². The molecule has 0 saturated heterocycles. The maximum absolute atomic E-state index is 11.8. The Kier molecular flexibility index (Phi) is 1.88. The predicted molar refractivity (Wildman–Crippen MR) is 75.2 cm³/mol. The molecule has 2 aromatic carbocycles. The molecule has 0 bridgehead atoms. The molecule has 0 aliphatic carbocycles. The summed E-state index contributed by atoms with van der Waals surface area (Å²) in [6.45, 7) is 0. The lowest BCUT2D eigenvalue weighted by atomic mass is 9.97. The van der Waals surface area contributed by atoms with Crippen LogP contribution in [0, 0.1) is 0 Å². The summed E-state index contributed by atoms with van der Waals surface area (Å²) in [4.78, 5) is 11.8. The van der Waals surface area contributed by atoms with E-state index in [2.05, 4.69) is 34.3 Å². The second-order valence-corrected chi connectivity index (χ2v) is 5.13. The zero-order valence-corrected chi connectivity index (χ0v) is 10.3. The number of hydrogen-bond donors (Lipinski definition) is 1. The standard InChI is InChI=1S/C15H9NOS/c17-15-12-3-1-2-11-10(9-6-7-18-8-9)4-5-13(16-15)14(11)12/h1-8H,(H,16,17). The number of amides is 1. The average molecular weight is 251 g/mol. The highest BCUT2D eigenvalue weighted by Crippen LogP contribution is 2.39. The van der Waals surface area contributed by atoms with E-state index in [1.54, 1.807) is 11.3 Å². The molecular weight excluding hydrogens is 242 g/mol. The second-order valence-electron chi connectivity index (χ2n) is 4.35. The van der Waals surface area contributed by atoms with E-state index in [1.807, 2.05) is 18.2 Å². The van der Waals surface area contributed by atoms with E-state index in [-0.39, 0.29) is 5.91 Å². The summed E-state index contributed by atoms with van der Waals surface area (Å²) in [6, 6.07) is 12.1. The second kappa shape index (κ2) is 3.43. The van der Waals surface area contributed by atoms with Crippen molar-refractivity contribution in [2.75, 3.05) is 5.32 Å². The highest BCUT2D eigenvalue weighted by atomic mass is 32.1. The third-order valence-electron chi connectivity index (χ3n) is 3.37. The van der Waals surface area contributed by atoms with Gasteiger partial charge in [0.15, 0.2) is 0 Å². The van der Waals surface area contributed by atoms with Crippen molar-refractivity contribution in [2.24, 2.45) is 0 Å². The molecule has 1 aliphatic heterocycles. The van der Waals surface area contributed by atoms with Crippen molar-refractivity contribution in [3.8, 4) is 11.1 Å². The molecule has 86 valence electrons. The number of carbonyl (C=O) groups excluding carboxylic acids is 1. The molecule has 1 amide bonds. The fourth-order valence-electron chi connectivity index (χ4n) is 2.56. The van der Waals surface area contributed by atoms with Crippen LogP contribution in [0.25, 0.3) is 21.9 Å². The van der Waals surface area contributed by atoms with E-state index in [4.69, 9.17) is 0 Å². The van der Waals surface area contributed by atoms with Crippen LogP contribution in [-0.2, 0) is 0 Å². The van der Waals surface area contributed by atoms with Crippen molar-refractivity contribution in [3.05, 3.63) is 52.7 Å². The van der Waals surface area contributed by atoms with Gasteiger partial charge in [-0.1, -0.05) is 18.2 Å². The summed E-state index contributed by atoms with van der Waals surface area (Å²) in [5.74, 6) is -0.00179. The molecule has 1 aromatic heterocycles. The zero-order chi connectivity index (χ0) is 12.1. The van der Waals surface area contributed by atoms with E-state index in [0.29, 0.717) is 0 Å². The minimum absolute atomic E-state index is 0.00179. The van der Waals surface area contributed by atoms with Gasteiger partial charge in [0, 0.05) is 16.6 Å². The van der Waals surface area contributed by atoms with Crippen LogP contribution in [0.2, 0.25) is 0 Å². The van der Waals surface area contributed by atoms with E-state index in [0.717, 1.165) is 22.0 Å². The molecule has 0 spiro atoms. The molecule has 0 fully saturated rings. The van der Waals surface area contributed by atoms with Crippen LogP contribution in [0.1, 0.15) is 10.4 Å². The first-order chi connectivity index (χ1) is 8.84. The van der Waals surface area contributed by atoms with Gasteiger partial charge in [0.1, 0.15) is 0 Å². The van der Waals surface area contributed by atoms with Gasteiger partial charge >= 0.3 is 0 Å². The molecule has 0 radical (unpaired) electrons. The highest BCUT2D eigenvalue weighted by molar-refractivity contribution is 7.08. The van der Waals surface area contributed by atoms with Crippen molar-refractivity contribution in [1.29, 1.82) is 0 Å². The van der Waals surface area contributed by atoms with Crippen molar-refractivity contribution >= 4 is 33.7 Å². The molecule has 4 rings (SSSR count). The molecule has 18 heavy (non-hydrogen) atoms. The van der Waals surface area contributed by atoms with Crippen LogP contribution >= 0.6 is 11.3 Å². The molecule has 1 N–H and O–H groups in total. The number of nitrogens with one attached hydrogen (secondary N) is 1. The van der Waals surface area contributed by atoms with Gasteiger partial charge in [0.2, 0.25) is 0 Å². The van der Waals surface area contributed by atoms with Gasteiger partial charge in [-0.2, -0.15) is 11.3 Å². The summed E-state index contributed by atoms with van der Waals surface area (Å²) in [5, 5.41) is 9.30. The first-order valence-electron chi connectivity index (χ1n) is 5.74. The van der Waals surface area contributed by atoms with Gasteiger partial charge in [-0.3, -0.25) is 4.79 Å². The lowest BCUT2D eigenvalue weighted by Gasteiger charge is -2.06. The van der Waals surface area contributed by atoms with Gasteiger partial charge in [-0.25, -0.2) is 0 Å². The van der Waals surface area contributed by atoms with Crippen molar-refractivity contribution < 1.29 is 4.79 Å². The Balaban J connectivity index is 2.15. The maximum atomic E-state index is 11.8. The highest BCUT2D eigenvalue weighted by Gasteiger charge is 2.22. The average Bonchev–Trinajstić information content (AvgIpc) is 3.01. The van der Waals surface area contributed by atoms with E-state index in [9.17, 15) is 4.79 Å². The Morgan fingerprint density at radius 2 is 1.94 bits per heavy atom. The van der Waals surface area contributed by atoms with Crippen LogP contribution < -0.4 is 5.32 Å². The monoisotopic (exact) mass is 251 g/mol. The summed E-state index contributed by atoms with van der Waals surface area (Å²) in [6.07, 6.45) is 0. The Hall–Kier alpha value is -2.13. The summed E-state index contributed by atoms with van der Waals surface area (Å²) < 4.78 is 0. The molecule has 0 atom stereocenters. The van der Waals surface area contributed by atoms with Crippen molar-refractivity contribution in [1.82, 2.24) is 0 Å². The quantitative estimate of drug-likeness (QED) is 0.692. The normalized spacial score (nSPS) is 13.0. The smallest absolute Gasteiger partial charge is 0.256 e. The lowest BCUT2D eigenvalue weighted by molar-refractivity contribution is 0.103. The largest absolute Gasteiger partial charge is 0.321 e. The molecule has 3 aromatic rings. The van der Waals surface area contributed by atoms with E-state index in [1.165, 1.54) is 11.1 Å². The molecule has 1 aliphatic rings. The minimum atomic E-state index is -0.00179. The maximum Gasteiger partial charge on any atom is 0.256 e. The Bertz CT molecular complexity index is 775.